The van der Waals surface area contributed by atoms with Gasteiger partial charge >= 0.3 is 0 Å². The van der Waals surface area contributed by atoms with Gasteiger partial charge in [-0.15, -0.1) is 0 Å². The average molecular weight is 286 g/mol. The molecule has 1 aliphatic rings. The molecule has 1 aromatic rings. The lowest BCUT2D eigenvalue weighted by molar-refractivity contribution is 0.0942. The molecule has 1 heterocycles. The molecule has 0 saturated heterocycles. The number of pyridine rings is 1. The highest BCUT2D eigenvalue weighted by Crippen LogP contribution is 2.36. The van der Waals surface area contributed by atoms with E-state index in [0.717, 1.165) is 38.2 Å². The minimum Gasteiger partial charge on any atom is -0.396 e. The summed E-state index contributed by atoms with van der Waals surface area (Å²) in [5.41, 5.74) is 1.83. The van der Waals surface area contributed by atoms with Gasteiger partial charge in [0.25, 0.3) is 0 Å². The Hall–Kier alpha value is -1.47. The van der Waals surface area contributed by atoms with Crippen LogP contribution >= 0.6 is 0 Å². The number of anilines is 2. The zero-order valence-corrected chi connectivity index (χ0v) is 11.3. The Morgan fingerprint density at radius 1 is 1.20 bits per heavy atom. The number of aliphatic hydroxyl groups is 1. The number of halogens is 2. The van der Waals surface area contributed by atoms with Gasteiger partial charge in [0.2, 0.25) is 0 Å². The minimum atomic E-state index is -0.843. The molecule has 20 heavy (non-hydrogen) atoms. The summed E-state index contributed by atoms with van der Waals surface area (Å²) in [5.74, 6) is 3.23. The summed E-state index contributed by atoms with van der Waals surface area (Å²) in [7, 11) is 0. The van der Waals surface area contributed by atoms with E-state index in [1.807, 2.05) is 0 Å². The van der Waals surface area contributed by atoms with Crippen molar-refractivity contribution in [2.45, 2.75) is 32.1 Å². The molecule has 0 aromatic carbocycles. The van der Waals surface area contributed by atoms with E-state index in [4.69, 9.17) is 5.84 Å². The largest absolute Gasteiger partial charge is 0.396 e. The Morgan fingerprint density at radius 3 is 2.45 bits per heavy atom. The van der Waals surface area contributed by atoms with Crippen LogP contribution in [0.25, 0.3) is 0 Å². The number of nitrogens with zero attached hydrogens (tertiary/aromatic N) is 1. The molecule has 1 aromatic heterocycles. The van der Waals surface area contributed by atoms with E-state index in [1.165, 1.54) is 0 Å². The van der Waals surface area contributed by atoms with Crippen LogP contribution in [0.2, 0.25) is 0 Å². The van der Waals surface area contributed by atoms with Crippen molar-refractivity contribution in [3.8, 4) is 0 Å². The fourth-order valence-electron chi connectivity index (χ4n) is 2.66. The van der Waals surface area contributed by atoms with E-state index in [2.05, 4.69) is 15.7 Å². The van der Waals surface area contributed by atoms with Crippen molar-refractivity contribution in [2.24, 2.45) is 11.3 Å². The van der Waals surface area contributed by atoms with Gasteiger partial charge in [-0.3, -0.25) is 0 Å². The third kappa shape index (κ3) is 3.16. The third-order valence-corrected chi connectivity index (χ3v) is 3.95. The van der Waals surface area contributed by atoms with Gasteiger partial charge in [0.1, 0.15) is 0 Å². The van der Waals surface area contributed by atoms with Gasteiger partial charge < -0.3 is 15.8 Å². The number of hydrogen-bond acceptors (Lipinski definition) is 5. The monoisotopic (exact) mass is 286 g/mol. The number of nitrogens with two attached hydrogens (primary N) is 1. The maximum atomic E-state index is 13.7. The van der Waals surface area contributed by atoms with Gasteiger partial charge in [-0.25, -0.2) is 19.6 Å². The number of rotatable bonds is 5. The van der Waals surface area contributed by atoms with Crippen molar-refractivity contribution < 1.29 is 13.9 Å². The topological polar surface area (TPSA) is 83.2 Å². The molecule has 0 spiro atoms. The Balaban J connectivity index is 2.09. The lowest BCUT2D eigenvalue weighted by Gasteiger charge is -2.35. The second-order valence-electron chi connectivity index (χ2n) is 5.37. The molecule has 7 heteroatoms. The summed E-state index contributed by atoms with van der Waals surface area (Å²) in [5, 5.41) is 12.5. The highest BCUT2D eigenvalue weighted by Gasteiger charge is 2.31. The molecule has 5 nitrogen and oxygen atoms in total. The standard InChI is InChI=1S/C13H20F2N4O/c14-9-6-10(15)12(19-16)18-11(9)17-7-13(8-20)4-2-1-3-5-13/h6,20H,1-5,7-8,16H2,(H2,17,18,19). The van der Waals surface area contributed by atoms with Crippen LogP contribution in [0.15, 0.2) is 6.07 Å². The van der Waals surface area contributed by atoms with E-state index < -0.39 is 11.6 Å². The summed E-state index contributed by atoms with van der Waals surface area (Å²) in [4.78, 5) is 3.76. The number of aliphatic hydroxyl groups excluding tert-OH is 1. The maximum Gasteiger partial charge on any atom is 0.178 e. The van der Waals surface area contributed by atoms with E-state index >= 15 is 0 Å². The van der Waals surface area contributed by atoms with Crippen molar-refractivity contribution in [2.75, 3.05) is 23.9 Å². The smallest absolute Gasteiger partial charge is 0.178 e. The molecular formula is C13H20F2N4O. The SMILES string of the molecule is NNc1nc(NCC2(CO)CCCCC2)c(F)cc1F. The average Bonchev–Trinajstić information content (AvgIpc) is 2.47. The van der Waals surface area contributed by atoms with Crippen LogP contribution in [0, 0.1) is 17.0 Å². The zero-order chi connectivity index (χ0) is 14.6. The summed E-state index contributed by atoms with van der Waals surface area (Å²) in [6.45, 7) is 0.452. The third-order valence-electron chi connectivity index (χ3n) is 3.95. The molecule has 1 fully saturated rings. The molecular weight excluding hydrogens is 266 g/mol. The molecule has 0 unspecified atom stereocenters. The predicted octanol–water partition coefficient (Wildman–Crippen LogP) is 2.00. The molecule has 0 atom stereocenters. The first-order valence-corrected chi connectivity index (χ1v) is 6.78. The van der Waals surface area contributed by atoms with Crippen molar-refractivity contribution in [3.63, 3.8) is 0 Å². The molecule has 0 aliphatic heterocycles. The Kier molecular flexibility index (Phi) is 4.72. The highest BCUT2D eigenvalue weighted by molar-refractivity contribution is 5.47. The van der Waals surface area contributed by atoms with Crippen LogP contribution in [-0.4, -0.2) is 23.2 Å². The lowest BCUT2D eigenvalue weighted by Crippen LogP contribution is -2.36. The van der Waals surface area contributed by atoms with Gasteiger partial charge in [-0.2, -0.15) is 0 Å². The number of hydrogen-bond donors (Lipinski definition) is 4. The van der Waals surface area contributed by atoms with E-state index in [1.54, 1.807) is 0 Å². The lowest BCUT2D eigenvalue weighted by atomic mass is 9.74. The van der Waals surface area contributed by atoms with E-state index in [-0.39, 0.29) is 23.7 Å². The van der Waals surface area contributed by atoms with Gasteiger partial charge in [0, 0.05) is 18.0 Å². The first-order valence-electron chi connectivity index (χ1n) is 6.78. The molecule has 5 N–H and O–H groups in total. The molecule has 112 valence electrons. The minimum absolute atomic E-state index is 0.0464. The van der Waals surface area contributed by atoms with Crippen LogP contribution in [0.1, 0.15) is 32.1 Å². The van der Waals surface area contributed by atoms with Crippen LogP contribution in [0.3, 0.4) is 0 Å². The first kappa shape index (κ1) is 14.9. The number of aromatic nitrogens is 1. The Labute approximate surface area is 116 Å². The van der Waals surface area contributed by atoms with Crippen molar-refractivity contribution in [1.29, 1.82) is 0 Å². The van der Waals surface area contributed by atoms with Gasteiger partial charge in [-0.1, -0.05) is 19.3 Å². The molecule has 1 saturated carbocycles. The molecule has 1 aliphatic carbocycles. The van der Waals surface area contributed by atoms with E-state index in [9.17, 15) is 13.9 Å². The van der Waals surface area contributed by atoms with Crippen LogP contribution in [-0.2, 0) is 0 Å². The summed E-state index contributed by atoms with van der Waals surface area (Å²) in [6, 6.07) is 0.733. The Bertz CT molecular complexity index is 464. The summed E-state index contributed by atoms with van der Waals surface area (Å²) >= 11 is 0. The highest BCUT2D eigenvalue weighted by atomic mass is 19.1. The van der Waals surface area contributed by atoms with Crippen LogP contribution in [0.4, 0.5) is 20.4 Å². The maximum absolute atomic E-state index is 13.7. The van der Waals surface area contributed by atoms with Gasteiger partial charge in [-0.05, 0) is 12.8 Å². The van der Waals surface area contributed by atoms with Crippen molar-refractivity contribution in [3.05, 3.63) is 17.7 Å². The fraction of sp³-hybridized carbons (Fsp3) is 0.615. The summed E-state index contributed by atoms with van der Waals surface area (Å²) < 4.78 is 26.9. The normalized spacial score (nSPS) is 17.8. The van der Waals surface area contributed by atoms with Crippen molar-refractivity contribution in [1.82, 2.24) is 4.98 Å². The second kappa shape index (κ2) is 6.32. The predicted molar refractivity (Wildman–Crippen MR) is 73.1 cm³/mol. The Morgan fingerprint density at radius 2 is 1.85 bits per heavy atom. The molecule has 0 bridgehead atoms. The fourth-order valence-corrected chi connectivity index (χ4v) is 2.66. The number of hydrazine groups is 1. The van der Waals surface area contributed by atoms with Crippen molar-refractivity contribution >= 4 is 11.6 Å². The van der Waals surface area contributed by atoms with Gasteiger partial charge in [0.05, 0.1) is 6.61 Å². The first-order chi connectivity index (χ1) is 9.60. The summed E-state index contributed by atoms with van der Waals surface area (Å²) in [6.07, 6.45) is 5.04. The molecule has 2 rings (SSSR count). The zero-order valence-electron chi connectivity index (χ0n) is 11.3. The molecule has 0 amide bonds. The molecule has 0 radical (unpaired) electrons. The number of nitrogen functional groups attached to an aromatic ring is 1. The quantitative estimate of drug-likeness (QED) is 0.491. The van der Waals surface area contributed by atoms with Crippen LogP contribution in [0.5, 0.6) is 0 Å². The van der Waals surface area contributed by atoms with Gasteiger partial charge in [0.15, 0.2) is 23.3 Å². The second-order valence-corrected chi connectivity index (χ2v) is 5.37. The number of nitrogens with one attached hydrogen (secondary N) is 2. The van der Waals surface area contributed by atoms with E-state index in [0.29, 0.717) is 6.54 Å². The van der Waals surface area contributed by atoms with Crippen LogP contribution < -0.4 is 16.6 Å².